The first kappa shape index (κ1) is 34.7. The van der Waals surface area contributed by atoms with E-state index in [0.717, 1.165) is 20.9 Å². The van der Waals surface area contributed by atoms with Crippen LogP contribution in [-0.4, -0.2) is 72.3 Å². The molecular weight excluding hydrogens is 662 g/mol. The predicted octanol–water partition coefficient (Wildman–Crippen LogP) is 6.05. The lowest BCUT2D eigenvalue weighted by molar-refractivity contribution is -0.211. The average molecular weight is 698 g/mol. The van der Waals surface area contributed by atoms with E-state index in [4.69, 9.17) is 28.4 Å². The van der Waals surface area contributed by atoms with E-state index < -0.39 is 53.7 Å². The summed E-state index contributed by atoms with van der Waals surface area (Å²) in [5.41, 5.74) is 0.910. The van der Waals surface area contributed by atoms with Crippen LogP contribution < -0.4 is 4.74 Å². The molecule has 0 bridgehead atoms. The van der Waals surface area contributed by atoms with Crippen LogP contribution in [0.3, 0.4) is 0 Å². The van der Waals surface area contributed by atoms with Crippen molar-refractivity contribution in [1.82, 2.24) is 4.90 Å². The Morgan fingerprint density at radius 1 is 0.740 bits per heavy atom. The molecular formula is C38H35NO10S. The Morgan fingerprint density at radius 2 is 1.34 bits per heavy atom. The highest BCUT2D eigenvalue weighted by molar-refractivity contribution is 7.99. The van der Waals surface area contributed by atoms with Crippen LogP contribution in [0.2, 0.25) is 0 Å². The summed E-state index contributed by atoms with van der Waals surface area (Å²) in [6.45, 7) is 0.931. The number of thioether (sulfide) groups is 1. The van der Waals surface area contributed by atoms with Gasteiger partial charge < -0.3 is 28.4 Å². The zero-order chi connectivity index (χ0) is 35.0. The molecule has 11 nitrogen and oxygen atoms in total. The number of esters is 1. The molecule has 4 aromatic rings. The summed E-state index contributed by atoms with van der Waals surface area (Å²) < 4.78 is 35.4. The third-order valence-corrected chi connectivity index (χ3v) is 9.38. The fraction of sp³-hybridized carbons (Fsp3) is 0.263. The van der Waals surface area contributed by atoms with Crippen LogP contribution in [0.15, 0.2) is 114 Å². The van der Waals surface area contributed by atoms with Crippen LogP contribution in [0, 0.1) is 0 Å². The van der Waals surface area contributed by atoms with Gasteiger partial charge in [0, 0.05) is 11.8 Å². The van der Waals surface area contributed by atoms with Gasteiger partial charge in [0.25, 0.3) is 11.8 Å². The molecule has 6 rings (SSSR count). The Morgan fingerprint density at radius 3 is 1.96 bits per heavy atom. The molecule has 2 amide bonds. The number of carbonyl (C=O) groups is 4. The maximum absolute atomic E-state index is 14.0. The number of imide groups is 1. The highest BCUT2D eigenvalue weighted by atomic mass is 32.2. The van der Waals surface area contributed by atoms with Gasteiger partial charge in [-0.3, -0.25) is 19.3 Å². The lowest BCUT2D eigenvalue weighted by Gasteiger charge is -2.47. The molecule has 2 aliphatic heterocycles. The topological polar surface area (TPSA) is 127 Å². The minimum absolute atomic E-state index is 0.0127. The second kappa shape index (κ2) is 16.0. The lowest BCUT2D eigenvalue weighted by Crippen LogP contribution is -2.66. The molecule has 0 N–H and O–H groups in total. The number of fused-ring (bicyclic) bond motifs is 1. The number of nitrogens with zero attached hydrogens (tertiary/aromatic N) is 1. The number of rotatable bonds is 12. The van der Waals surface area contributed by atoms with Gasteiger partial charge in [-0.2, -0.15) is 0 Å². The van der Waals surface area contributed by atoms with Crippen molar-refractivity contribution in [3.8, 4) is 5.75 Å². The highest BCUT2D eigenvalue weighted by Gasteiger charge is 2.56. The van der Waals surface area contributed by atoms with E-state index in [1.54, 1.807) is 55.6 Å². The second-order valence-electron chi connectivity index (χ2n) is 11.5. The Labute approximate surface area is 293 Å². The van der Waals surface area contributed by atoms with Crippen molar-refractivity contribution in [3.63, 3.8) is 0 Å². The first-order valence-corrected chi connectivity index (χ1v) is 16.8. The summed E-state index contributed by atoms with van der Waals surface area (Å²) in [5, 5.41) is 0. The summed E-state index contributed by atoms with van der Waals surface area (Å²) in [6.07, 6.45) is -4.50. The van der Waals surface area contributed by atoms with Crippen molar-refractivity contribution in [2.45, 2.75) is 54.8 Å². The van der Waals surface area contributed by atoms with E-state index in [1.165, 1.54) is 18.7 Å². The van der Waals surface area contributed by atoms with Crippen molar-refractivity contribution in [1.29, 1.82) is 0 Å². The van der Waals surface area contributed by atoms with Crippen molar-refractivity contribution in [2.24, 2.45) is 0 Å². The zero-order valence-electron chi connectivity index (χ0n) is 27.3. The van der Waals surface area contributed by atoms with Gasteiger partial charge in [-0.15, -0.1) is 0 Å². The Kier molecular flexibility index (Phi) is 11.1. The van der Waals surface area contributed by atoms with E-state index in [1.807, 2.05) is 60.7 Å². The van der Waals surface area contributed by atoms with Crippen LogP contribution in [0.4, 0.5) is 4.79 Å². The van der Waals surface area contributed by atoms with Crippen LogP contribution in [0.5, 0.6) is 5.75 Å². The predicted molar refractivity (Wildman–Crippen MR) is 181 cm³/mol. The fourth-order valence-corrected chi connectivity index (χ4v) is 7.01. The first-order chi connectivity index (χ1) is 24.3. The molecule has 0 unspecified atom stereocenters. The number of hydrogen-bond acceptors (Lipinski definition) is 11. The smallest absolute Gasteiger partial charge is 0.497 e. The first-order valence-electron chi connectivity index (χ1n) is 15.9. The number of hydrogen-bond donors (Lipinski definition) is 0. The summed E-state index contributed by atoms with van der Waals surface area (Å²) >= 11 is 1.23. The SMILES string of the molecule is COc1ccc(CO[C@H]2[C@H](OC(=O)OCc3ccccc3)[C@@H](N3C(=O)c4ccccc4C3=O)[C@H](Sc3ccccc3)O[C@@H]2COC(C)=O)cc1. The molecule has 258 valence electrons. The van der Waals surface area contributed by atoms with Crippen molar-refractivity contribution >= 4 is 35.7 Å². The van der Waals surface area contributed by atoms with Gasteiger partial charge in [-0.1, -0.05) is 84.6 Å². The molecule has 4 aromatic carbocycles. The average Bonchev–Trinajstić information content (AvgIpc) is 3.39. The van der Waals surface area contributed by atoms with E-state index in [9.17, 15) is 19.2 Å². The molecule has 0 saturated carbocycles. The number of benzene rings is 4. The van der Waals surface area contributed by atoms with Crippen molar-refractivity contribution in [3.05, 3.63) is 131 Å². The molecule has 1 saturated heterocycles. The maximum Gasteiger partial charge on any atom is 0.509 e. The fourth-order valence-electron chi connectivity index (χ4n) is 5.82. The molecule has 5 atom stereocenters. The molecule has 2 heterocycles. The highest BCUT2D eigenvalue weighted by Crippen LogP contribution is 2.41. The summed E-state index contributed by atoms with van der Waals surface area (Å²) in [6, 6.07) is 30.8. The molecule has 0 radical (unpaired) electrons. The number of ether oxygens (including phenoxy) is 6. The largest absolute Gasteiger partial charge is 0.509 e. The maximum atomic E-state index is 14.0. The van der Waals surface area contributed by atoms with Gasteiger partial charge in [-0.05, 0) is 47.5 Å². The lowest BCUT2D eigenvalue weighted by atomic mass is 9.96. The number of carbonyl (C=O) groups excluding carboxylic acids is 4. The van der Waals surface area contributed by atoms with Gasteiger partial charge >= 0.3 is 12.1 Å². The second-order valence-corrected chi connectivity index (χ2v) is 12.7. The molecule has 2 aliphatic rings. The van der Waals surface area contributed by atoms with Crippen molar-refractivity contribution in [2.75, 3.05) is 13.7 Å². The summed E-state index contributed by atoms with van der Waals surface area (Å²) in [5.74, 6) is -1.05. The van der Waals surface area contributed by atoms with Gasteiger partial charge in [0.05, 0.1) is 24.8 Å². The molecule has 12 heteroatoms. The van der Waals surface area contributed by atoms with E-state index in [0.29, 0.717) is 5.75 Å². The van der Waals surface area contributed by atoms with Gasteiger partial charge in [0.15, 0.2) is 6.10 Å². The Bertz CT molecular complexity index is 1770. The van der Waals surface area contributed by atoms with E-state index >= 15 is 0 Å². The zero-order valence-corrected chi connectivity index (χ0v) is 28.2. The quantitative estimate of drug-likeness (QED) is 0.127. The molecule has 1 fully saturated rings. The summed E-state index contributed by atoms with van der Waals surface area (Å²) in [4.78, 5) is 55.5. The standard InChI is InChI=1S/C38H35NO10S/c1-24(40)45-23-31-33(46-21-26-17-19-27(44-2)20-18-26)34(49-38(43)47-22-25-11-5-3-6-12-25)32(37(48-31)50-28-13-7-4-8-14-28)39-35(41)29-15-9-10-16-30(29)36(39)42/h3-20,31-34,37H,21-23H2,1-2H3/t31-,32-,33-,34-,37+/m1/s1. The van der Waals surface area contributed by atoms with E-state index in [2.05, 4.69) is 0 Å². The van der Waals surface area contributed by atoms with Gasteiger partial charge in [0.2, 0.25) is 0 Å². The minimum atomic E-state index is -1.32. The van der Waals surface area contributed by atoms with Gasteiger partial charge in [0.1, 0.15) is 42.6 Å². The normalized spacial score (nSPS) is 21.3. The molecule has 0 aromatic heterocycles. The van der Waals surface area contributed by atoms with Crippen LogP contribution in [-0.2, 0) is 41.7 Å². The monoisotopic (exact) mass is 697 g/mol. The third kappa shape index (κ3) is 7.99. The van der Waals surface area contributed by atoms with Crippen LogP contribution in [0.1, 0.15) is 38.8 Å². The van der Waals surface area contributed by atoms with Crippen molar-refractivity contribution < 1.29 is 47.6 Å². The van der Waals surface area contributed by atoms with Crippen LogP contribution in [0.25, 0.3) is 0 Å². The Balaban J connectivity index is 1.40. The summed E-state index contributed by atoms with van der Waals surface area (Å²) in [7, 11) is 1.56. The molecule has 0 aliphatic carbocycles. The third-order valence-electron chi connectivity index (χ3n) is 8.22. The molecule has 50 heavy (non-hydrogen) atoms. The Hall–Kier alpha value is -5.17. The number of amides is 2. The van der Waals surface area contributed by atoms with E-state index in [-0.39, 0.29) is 30.9 Å². The molecule has 0 spiro atoms. The van der Waals surface area contributed by atoms with Crippen LogP contribution >= 0.6 is 11.8 Å². The number of methoxy groups -OCH3 is 1. The minimum Gasteiger partial charge on any atom is -0.497 e. The van der Waals surface area contributed by atoms with Gasteiger partial charge in [-0.25, -0.2) is 4.79 Å².